The van der Waals surface area contributed by atoms with E-state index >= 15 is 0 Å². The molecule has 2 N–H and O–H groups in total. The van der Waals surface area contributed by atoms with Crippen LogP contribution < -0.4 is 10.6 Å². The highest BCUT2D eigenvalue weighted by molar-refractivity contribution is 9.10. The number of amides is 2. The highest BCUT2D eigenvalue weighted by Gasteiger charge is 2.30. The molecule has 1 aliphatic heterocycles. The third kappa shape index (κ3) is 5.14. The Balaban J connectivity index is 1.70. The van der Waals surface area contributed by atoms with Crippen molar-refractivity contribution in [3.8, 4) is 0 Å². The van der Waals surface area contributed by atoms with Gasteiger partial charge in [0.15, 0.2) is 0 Å². The Hall–Kier alpha value is -2.32. The van der Waals surface area contributed by atoms with Crippen molar-refractivity contribution in [3.63, 3.8) is 0 Å². The fourth-order valence-electron chi connectivity index (χ4n) is 2.87. The highest BCUT2D eigenvalue weighted by Crippen LogP contribution is 2.36. The number of methoxy groups -OCH3 is 1. The number of benzene rings is 2. The first-order valence-corrected chi connectivity index (χ1v) is 10.3. The van der Waals surface area contributed by atoms with Crippen LogP contribution in [0.2, 0.25) is 0 Å². The first kappa shape index (κ1) is 20.4. The van der Waals surface area contributed by atoms with Crippen LogP contribution in [0.5, 0.6) is 0 Å². The van der Waals surface area contributed by atoms with Gasteiger partial charge in [0, 0.05) is 15.8 Å². The average molecular weight is 463 g/mol. The zero-order valence-electron chi connectivity index (χ0n) is 15.1. The van der Waals surface area contributed by atoms with Crippen molar-refractivity contribution in [2.24, 2.45) is 0 Å². The summed E-state index contributed by atoms with van der Waals surface area (Å²) >= 11 is 4.76. The second-order valence-corrected chi connectivity index (χ2v) is 8.41. The third-order valence-electron chi connectivity index (χ3n) is 4.26. The molecule has 6 nitrogen and oxygen atoms in total. The molecule has 8 heteroatoms. The average Bonchev–Trinajstić information content (AvgIpc) is 2.68. The summed E-state index contributed by atoms with van der Waals surface area (Å²) < 4.78 is 5.59. The summed E-state index contributed by atoms with van der Waals surface area (Å²) in [4.78, 5) is 37.7. The van der Waals surface area contributed by atoms with Gasteiger partial charge in [0.1, 0.15) is 0 Å². The van der Waals surface area contributed by atoms with Gasteiger partial charge in [-0.3, -0.25) is 14.4 Å². The maximum absolute atomic E-state index is 12.6. The Morgan fingerprint density at radius 3 is 2.79 bits per heavy atom. The summed E-state index contributed by atoms with van der Waals surface area (Å²) in [6.45, 7) is 0. The monoisotopic (exact) mass is 462 g/mol. The van der Waals surface area contributed by atoms with Gasteiger partial charge in [-0.2, -0.15) is 0 Å². The minimum atomic E-state index is -0.540. The Morgan fingerprint density at radius 2 is 2.04 bits per heavy atom. The zero-order valence-corrected chi connectivity index (χ0v) is 17.5. The highest BCUT2D eigenvalue weighted by atomic mass is 79.9. The number of hydrogen-bond acceptors (Lipinski definition) is 5. The summed E-state index contributed by atoms with van der Waals surface area (Å²) in [5.41, 5.74) is 1.53. The summed E-state index contributed by atoms with van der Waals surface area (Å²) in [5.74, 6) is -0.935. The predicted molar refractivity (Wildman–Crippen MR) is 111 cm³/mol. The van der Waals surface area contributed by atoms with Crippen molar-refractivity contribution in [2.45, 2.75) is 29.0 Å². The molecule has 0 bridgehead atoms. The molecular weight excluding hydrogens is 444 g/mol. The normalized spacial score (nSPS) is 16.5. The van der Waals surface area contributed by atoms with Gasteiger partial charge in [0.05, 0.1) is 30.5 Å². The number of hydrogen-bond donors (Lipinski definition) is 2. The van der Waals surface area contributed by atoms with E-state index < -0.39 is 17.3 Å². The molecule has 0 saturated carbocycles. The lowest BCUT2D eigenvalue weighted by molar-refractivity contribution is -0.141. The van der Waals surface area contributed by atoms with Crippen LogP contribution in [0.4, 0.5) is 5.69 Å². The minimum absolute atomic E-state index is 0.00549. The smallest absolute Gasteiger partial charge is 0.307 e. The number of carbonyl (C=O) groups is 3. The summed E-state index contributed by atoms with van der Waals surface area (Å²) in [6.07, 6.45) is 0.0159. The largest absolute Gasteiger partial charge is 0.469 e. The molecule has 0 aliphatic carbocycles. The third-order valence-corrected chi connectivity index (χ3v) is 6.03. The molecule has 0 saturated heterocycles. The molecule has 28 heavy (non-hydrogen) atoms. The van der Waals surface area contributed by atoms with Gasteiger partial charge in [-0.25, -0.2) is 0 Å². The predicted octanol–water partition coefficient (Wildman–Crippen LogP) is 3.67. The number of carbonyl (C=O) groups excluding carboxylic acids is 3. The molecule has 0 aromatic heterocycles. The Bertz CT molecular complexity index is 905. The number of fused-ring (bicyclic) bond motifs is 1. The molecule has 1 heterocycles. The minimum Gasteiger partial charge on any atom is -0.469 e. The molecule has 0 fully saturated rings. The van der Waals surface area contributed by atoms with E-state index in [0.717, 1.165) is 20.6 Å². The Labute approximate surface area is 175 Å². The quantitative estimate of drug-likeness (QED) is 0.639. The number of esters is 1. The second kappa shape index (κ2) is 9.25. The summed E-state index contributed by atoms with van der Waals surface area (Å²) in [7, 11) is 1.31. The lowest BCUT2D eigenvalue weighted by atomic mass is 10.0. The number of rotatable bonds is 6. The number of halogens is 1. The molecule has 146 valence electrons. The van der Waals surface area contributed by atoms with Crippen LogP contribution >= 0.6 is 27.7 Å². The van der Waals surface area contributed by atoms with Crippen LogP contribution in [0.3, 0.4) is 0 Å². The number of thioether (sulfide) groups is 1. The van der Waals surface area contributed by atoms with Crippen molar-refractivity contribution < 1.29 is 19.1 Å². The van der Waals surface area contributed by atoms with Crippen LogP contribution in [-0.2, 0) is 19.1 Å². The molecular formula is C20H19BrN2O4S. The van der Waals surface area contributed by atoms with Crippen molar-refractivity contribution in [1.29, 1.82) is 0 Å². The van der Waals surface area contributed by atoms with Crippen LogP contribution in [-0.4, -0.2) is 30.1 Å². The van der Waals surface area contributed by atoms with Gasteiger partial charge in [0.2, 0.25) is 11.8 Å². The van der Waals surface area contributed by atoms with Crippen LogP contribution in [0.25, 0.3) is 0 Å². The van der Waals surface area contributed by atoms with Crippen LogP contribution in [0, 0.1) is 0 Å². The molecule has 2 aromatic rings. The van der Waals surface area contributed by atoms with E-state index in [1.54, 1.807) is 0 Å². The topological polar surface area (TPSA) is 84.5 Å². The molecule has 2 atom stereocenters. The molecule has 2 aromatic carbocycles. The lowest BCUT2D eigenvalue weighted by Gasteiger charge is -2.25. The van der Waals surface area contributed by atoms with E-state index in [-0.39, 0.29) is 24.7 Å². The molecule has 0 spiro atoms. The fraction of sp³-hybridized carbons (Fsp3) is 0.250. The lowest BCUT2D eigenvalue weighted by Crippen LogP contribution is -2.37. The molecule has 2 amide bonds. The van der Waals surface area contributed by atoms with Gasteiger partial charge in [-0.05, 0) is 29.8 Å². The fourth-order valence-corrected chi connectivity index (χ4v) is 4.40. The van der Waals surface area contributed by atoms with Crippen LogP contribution in [0.15, 0.2) is 57.9 Å². The summed E-state index contributed by atoms with van der Waals surface area (Å²) in [6, 6.07) is 14.3. The van der Waals surface area contributed by atoms with Crippen molar-refractivity contribution >= 4 is 51.2 Å². The van der Waals surface area contributed by atoms with Gasteiger partial charge < -0.3 is 15.4 Å². The van der Waals surface area contributed by atoms with E-state index in [2.05, 4.69) is 26.6 Å². The number of nitrogens with one attached hydrogen (secondary N) is 2. The van der Waals surface area contributed by atoms with Crippen LogP contribution in [0.1, 0.15) is 24.4 Å². The van der Waals surface area contributed by atoms with E-state index in [1.807, 2.05) is 48.5 Å². The number of anilines is 1. The SMILES string of the molecule is COC(=O)CC(NC(=O)CC1Sc2ccccc2NC1=O)c1cccc(Br)c1. The van der Waals surface area contributed by atoms with Gasteiger partial charge >= 0.3 is 5.97 Å². The van der Waals surface area contributed by atoms with Gasteiger partial charge in [-0.15, -0.1) is 11.8 Å². The number of para-hydroxylation sites is 1. The van der Waals surface area contributed by atoms with Crippen molar-refractivity contribution in [2.75, 3.05) is 12.4 Å². The van der Waals surface area contributed by atoms with E-state index in [9.17, 15) is 14.4 Å². The number of ether oxygens (including phenoxy) is 1. The van der Waals surface area contributed by atoms with Gasteiger partial charge in [0.25, 0.3) is 0 Å². The Kier molecular flexibility index (Phi) is 6.74. The van der Waals surface area contributed by atoms with Crippen molar-refractivity contribution in [1.82, 2.24) is 5.32 Å². The first-order valence-electron chi connectivity index (χ1n) is 8.64. The second-order valence-electron chi connectivity index (χ2n) is 6.25. The molecule has 0 radical (unpaired) electrons. The molecule has 3 rings (SSSR count). The van der Waals surface area contributed by atoms with E-state index in [0.29, 0.717) is 0 Å². The Morgan fingerprint density at radius 1 is 1.25 bits per heavy atom. The first-order chi connectivity index (χ1) is 13.5. The maximum atomic E-state index is 12.6. The summed E-state index contributed by atoms with van der Waals surface area (Å²) in [5, 5.41) is 5.16. The molecule has 2 unspecified atom stereocenters. The standard InChI is InChI=1S/C20H19BrN2O4S/c1-27-19(25)10-15(12-5-4-6-13(21)9-12)22-18(24)11-17-20(26)23-14-7-2-3-8-16(14)28-17/h2-9,15,17H,10-11H2,1H3,(H,22,24)(H,23,26). The molecule has 1 aliphatic rings. The zero-order chi connectivity index (χ0) is 20.1. The van der Waals surface area contributed by atoms with E-state index in [1.165, 1.54) is 18.9 Å². The van der Waals surface area contributed by atoms with Crippen molar-refractivity contribution in [3.05, 3.63) is 58.6 Å². The van der Waals surface area contributed by atoms with E-state index in [4.69, 9.17) is 4.74 Å². The maximum Gasteiger partial charge on any atom is 0.307 e. The van der Waals surface area contributed by atoms with Gasteiger partial charge in [-0.1, -0.05) is 40.2 Å².